The van der Waals surface area contributed by atoms with Crippen molar-refractivity contribution in [1.29, 1.82) is 0 Å². The van der Waals surface area contributed by atoms with E-state index in [0.29, 0.717) is 0 Å². The molecule has 0 atom stereocenters. The summed E-state index contributed by atoms with van der Waals surface area (Å²) in [6, 6.07) is 14.2. The van der Waals surface area contributed by atoms with Crippen molar-refractivity contribution in [3.63, 3.8) is 0 Å². The maximum Gasteiger partial charge on any atom is 0.255 e. The van der Waals surface area contributed by atoms with Gasteiger partial charge >= 0.3 is 0 Å². The summed E-state index contributed by atoms with van der Waals surface area (Å²) >= 11 is 1.97. The molecule has 1 fully saturated rings. The van der Waals surface area contributed by atoms with Gasteiger partial charge in [-0.05, 0) is 60.4 Å². The molecule has 1 saturated carbocycles. The molecule has 4 rings (SSSR count). The Kier molecular flexibility index (Phi) is 4.58. The first-order chi connectivity index (χ1) is 11.8. The van der Waals surface area contributed by atoms with Crippen LogP contribution in [0.3, 0.4) is 0 Å². The van der Waals surface area contributed by atoms with E-state index < -0.39 is 0 Å². The van der Waals surface area contributed by atoms with E-state index in [9.17, 15) is 4.79 Å². The Hall–Kier alpha value is -1.78. The second-order valence-electron chi connectivity index (χ2n) is 6.59. The molecule has 0 bridgehead atoms. The van der Waals surface area contributed by atoms with Crippen molar-refractivity contribution in [3.8, 4) is 0 Å². The van der Waals surface area contributed by atoms with Crippen LogP contribution in [-0.2, 0) is 13.1 Å². The molecule has 0 spiro atoms. The molecule has 2 aromatic rings. The predicted molar refractivity (Wildman–Crippen MR) is 99.5 cm³/mol. The molecule has 0 radical (unpaired) electrons. The van der Waals surface area contributed by atoms with Crippen molar-refractivity contribution in [2.24, 2.45) is 0 Å². The molecular formula is C20H22N2OS. The molecule has 124 valence electrons. The van der Waals surface area contributed by atoms with Crippen LogP contribution in [0, 0.1) is 0 Å². The number of hydrogen-bond donors (Lipinski definition) is 2. The number of carbonyl (C=O) groups is 1. The number of fused-ring (bicyclic) bond motifs is 1. The average molecular weight is 338 g/mol. The van der Waals surface area contributed by atoms with E-state index in [-0.39, 0.29) is 5.91 Å². The van der Waals surface area contributed by atoms with Crippen LogP contribution in [0.2, 0.25) is 0 Å². The van der Waals surface area contributed by atoms with Crippen LogP contribution in [0.5, 0.6) is 0 Å². The number of anilines is 1. The molecule has 0 unspecified atom stereocenters. The lowest BCUT2D eigenvalue weighted by Gasteiger charge is -2.10. The quantitative estimate of drug-likeness (QED) is 0.857. The fourth-order valence-electron chi connectivity index (χ4n) is 3.45. The number of rotatable bonds is 4. The van der Waals surface area contributed by atoms with Crippen molar-refractivity contribution in [2.75, 3.05) is 5.32 Å². The monoisotopic (exact) mass is 338 g/mol. The number of carbonyl (C=O) groups excluding carboxylic acids is 1. The first kappa shape index (κ1) is 15.7. The lowest BCUT2D eigenvalue weighted by molar-refractivity contribution is 0.102. The van der Waals surface area contributed by atoms with Crippen LogP contribution in [-0.4, -0.2) is 11.2 Å². The highest BCUT2D eigenvalue weighted by Gasteiger charge is 2.16. The Morgan fingerprint density at radius 1 is 1.00 bits per heavy atom. The summed E-state index contributed by atoms with van der Waals surface area (Å²) in [4.78, 5) is 13.7. The third kappa shape index (κ3) is 3.50. The highest BCUT2D eigenvalue weighted by atomic mass is 32.2. The lowest BCUT2D eigenvalue weighted by Crippen LogP contribution is -2.12. The second kappa shape index (κ2) is 6.99. The number of amides is 1. The minimum Gasteiger partial charge on any atom is -0.322 e. The fraction of sp³-hybridized carbons (Fsp3) is 0.350. The Labute approximate surface area is 147 Å². The van der Waals surface area contributed by atoms with Gasteiger partial charge in [-0.1, -0.05) is 18.9 Å². The van der Waals surface area contributed by atoms with E-state index in [4.69, 9.17) is 0 Å². The van der Waals surface area contributed by atoms with Gasteiger partial charge in [0.2, 0.25) is 0 Å². The van der Waals surface area contributed by atoms with Gasteiger partial charge in [-0.3, -0.25) is 4.79 Å². The Morgan fingerprint density at radius 3 is 2.54 bits per heavy atom. The molecule has 24 heavy (non-hydrogen) atoms. The first-order valence-corrected chi connectivity index (χ1v) is 9.56. The summed E-state index contributed by atoms with van der Waals surface area (Å²) < 4.78 is 0. The summed E-state index contributed by atoms with van der Waals surface area (Å²) in [6.07, 6.45) is 5.39. The maximum atomic E-state index is 12.4. The standard InChI is InChI=1S/C20H22N2OS/c23-20(14-5-6-15-12-21-13-16(15)11-14)22-17-7-9-19(10-8-17)24-18-3-1-2-4-18/h5-11,18,21H,1-4,12-13H2,(H,22,23). The van der Waals surface area contributed by atoms with Crippen LogP contribution >= 0.6 is 11.8 Å². The van der Waals surface area contributed by atoms with Crippen LogP contribution in [0.1, 0.15) is 47.2 Å². The van der Waals surface area contributed by atoms with Gasteiger partial charge in [0.15, 0.2) is 0 Å². The number of thioether (sulfide) groups is 1. The fourth-order valence-corrected chi connectivity index (χ4v) is 4.70. The molecule has 1 heterocycles. The largest absolute Gasteiger partial charge is 0.322 e. The molecule has 1 aliphatic heterocycles. The van der Waals surface area contributed by atoms with E-state index in [0.717, 1.165) is 29.6 Å². The maximum absolute atomic E-state index is 12.4. The third-order valence-electron chi connectivity index (χ3n) is 4.82. The van der Waals surface area contributed by atoms with Gasteiger partial charge in [0, 0.05) is 34.5 Å². The van der Waals surface area contributed by atoms with Crippen molar-refractivity contribution >= 4 is 23.4 Å². The molecule has 3 nitrogen and oxygen atoms in total. The van der Waals surface area contributed by atoms with Gasteiger partial charge in [-0.25, -0.2) is 0 Å². The Morgan fingerprint density at radius 2 is 1.75 bits per heavy atom. The van der Waals surface area contributed by atoms with Gasteiger partial charge in [0.25, 0.3) is 5.91 Å². The zero-order chi connectivity index (χ0) is 16.4. The van der Waals surface area contributed by atoms with Crippen molar-refractivity contribution in [1.82, 2.24) is 5.32 Å². The highest BCUT2D eigenvalue weighted by Crippen LogP contribution is 2.35. The van der Waals surface area contributed by atoms with Crippen LogP contribution in [0.4, 0.5) is 5.69 Å². The van der Waals surface area contributed by atoms with E-state index in [1.165, 1.54) is 41.7 Å². The molecule has 0 aromatic heterocycles. The van der Waals surface area contributed by atoms with Gasteiger partial charge in [-0.2, -0.15) is 0 Å². The van der Waals surface area contributed by atoms with E-state index in [1.54, 1.807) is 0 Å². The molecular weight excluding hydrogens is 316 g/mol. The molecule has 0 saturated heterocycles. The van der Waals surface area contributed by atoms with Crippen molar-refractivity contribution in [3.05, 3.63) is 59.2 Å². The third-order valence-corrected chi connectivity index (χ3v) is 6.17. The topological polar surface area (TPSA) is 41.1 Å². The summed E-state index contributed by atoms with van der Waals surface area (Å²) in [5.41, 5.74) is 4.10. The molecule has 2 N–H and O–H groups in total. The highest BCUT2D eigenvalue weighted by molar-refractivity contribution is 8.00. The van der Waals surface area contributed by atoms with Crippen molar-refractivity contribution in [2.45, 2.75) is 48.9 Å². The molecule has 2 aromatic carbocycles. The van der Waals surface area contributed by atoms with Gasteiger partial charge in [0.05, 0.1) is 0 Å². The molecule has 4 heteroatoms. The Balaban J connectivity index is 1.40. The van der Waals surface area contributed by atoms with E-state index in [1.807, 2.05) is 42.1 Å². The van der Waals surface area contributed by atoms with E-state index >= 15 is 0 Å². The molecule has 1 amide bonds. The van der Waals surface area contributed by atoms with Crippen LogP contribution in [0.25, 0.3) is 0 Å². The Bertz CT molecular complexity index is 736. The minimum atomic E-state index is -0.0408. The van der Waals surface area contributed by atoms with Gasteiger partial charge in [-0.15, -0.1) is 11.8 Å². The first-order valence-electron chi connectivity index (χ1n) is 8.68. The molecule has 1 aliphatic carbocycles. The van der Waals surface area contributed by atoms with Crippen molar-refractivity contribution < 1.29 is 4.79 Å². The van der Waals surface area contributed by atoms with Gasteiger partial charge < -0.3 is 10.6 Å². The van der Waals surface area contributed by atoms with Crippen LogP contribution in [0.15, 0.2) is 47.4 Å². The average Bonchev–Trinajstić information content (AvgIpc) is 3.27. The summed E-state index contributed by atoms with van der Waals surface area (Å²) in [6.45, 7) is 1.75. The summed E-state index contributed by atoms with van der Waals surface area (Å²) in [7, 11) is 0. The van der Waals surface area contributed by atoms with E-state index in [2.05, 4.69) is 22.8 Å². The van der Waals surface area contributed by atoms with Crippen LogP contribution < -0.4 is 10.6 Å². The zero-order valence-electron chi connectivity index (χ0n) is 13.7. The predicted octanol–water partition coefficient (Wildman–Crippen LogP) is 4.58. The minimum absolute atomic E-state index is 0.0408. The molecule has 2 aliphatic rings. The SMILES string of the molecule is O=C(Nc1ccc(SC2CCCC2)cc1)c1ccc2c(c1)CNC2. The smallest absolute Gasteiger partial charge is 0.255 e. The van der Waals surface area contributed by atoms with Gasteiger partial charge in [0.1, 0.15) is 0 Å². The number of benzene rings is 2. The summed E-state index contributed by atoms with van der Waals surface area (Å²) in [5, 5.41) is 7.08. The zero-order valence-corrected chi connectivity index (χ0v) is 14.5. The lowest BCUT2D eigenvalue weighted by atomic mass is 10.1. The normalized spacial score (nSPS) is 17.0. The number of hydrogen-bond acceptors (Lipinski definition) is 3. The summed E-state index contributed by atoms with van der Waals surface area (Å²) in [5.74, 6) is -0.0408. The second-order valence-corrected chi connectivity index (χ2v) is 7.96. The number of nitrogens with one attached hydrogen (secondary N) is 2.